The van der Waals surface area contributed by atoms with Gasteiger partial charge in [-0.2, -0.15) is 0 Å². The molecule has 4 heteroatoms. The highest BCUT2D eigenvalue weighted by molar-refractivity contribution is 5.41. The van der Waals surface area contributed by atoms with Crippen LogP contribution in [0.25, 0.3) is 0 Å². The second kappa shape index (κ2) is 6.68. The minimum atomic E-state index is -0.342. The Morgan fingerprint density at radius 2 is 1.90 bits per heavy atom. The van der Waals surface area contributed by atoms with E-state index in [2.05, 4.69) is 5.32 Å². The van der Waals surface area contributed by atoms with E-state index in [-0.39, 0.29) is 17.7 Å². The first-order valence-electron chi connectivity index (χ1n) is 6.98. The Hall–Kier alpha value is -1.94. The van der Waals surface area contributed by atoms with E-state index in [0.29, 0.717) is 29.2 Å². The lowest BCUT2D eigenvalue weighted by Gasteiger charge is -2.18. The van der Waals surface area contributed by atoms with Crippen LogP contribution in [0.5, 0.6) is 11.5 Å². The Morgan fingerprint density at radius 3 is 2.57 bits per heavy atom. The average molecular weight is 291 g/mol. The van der Waals surface area contributed by atoms with E-state index in [4.69, 9.17) is 4.74 Å². The number of ether oxygens (including phenoxy) is 1. The van der Waals surface area contributed by atoms with Crippen molar-refractivity contribution in [2.45, 2.75) is 26.8 Å². The van der Waals surface area contributed by atoms with Crippen molar-refractivity contribution >= 4 is 0 Å². The number of aryl methyl sites for hydroxylation is 1. The van der Waals surface area contributed by atoms with E-state index in [1.807, 2.05) is 13.8 Å². The van der Waals surface area contributed by atoms with Crippen molar-refractivity contribution in [3.63, 3.8) is 0 Å². The molecule has 21 heavy (non-hydrogen) atoms. The highest BCUT2D eigenvalue weighted by Gasteiger charge is 2.16. The van der Waals surface area contributed by atoms with E-state index in [9.17, 15) is 8.78 Å². The van der Waals surface area contributed by atoms with Crippen molar-refractivity contribution < 1.29 is 13.5 Å². The van der Waals surface area contributed by atoms with Gasteiger partial charge in [0.1, 0.15) is 23.1 Å². The molecule has 0 bridgehead atoms. The molecule has 1 unspecified atom stereocenters. The van der Waals surface area contributed by atoms with Crippen LogP contribution in [-0.4, -0.2) is 6.54 Å². The fraction of sp³-hybridized carbons (Fsp3) is 0.294. The van der Waals surface area contributed by atoms with Gasteiger partial charge in [-0.15, -0.1) is 0 Å². The van der Waals surface area contributed by atoms with Gasteiger partial charge in [0.25, 0.3) is 0 Å². The van der Waals surface area contributed by atoms with E-state index in [0.717, 1.165) is 0 Å². The van der Waals surface area contributed by atoms with Gasteiger partial charge in [0.15, 0.2) is 0 Å². The summed E-state index contributed by atoms with van der Waals surface area (Å²) in [5.41, 5.74) is 0.989. The van der Waals surface area contributed by atoms with Crippen LogP contribution in [0.15, 0.2) is 36.4 Å². The van der Waals surface area contributed by atoms with Crippen LogP contribution >= 0.6 is 0 Å². The quantitative estimate of drug-likeness (QED) is 0.859. The highest BCUT2D eigenvalue weighted by atomic mass is 19.1. The Labute approximate surface area is 123 Å². The van der Waals surface area contributed by atoms with Crippen LogP contribution in [0.4, 0.5) is 8.78 Å². The molecule has 1 N–H and O–H groups in total. The summed E-state index contributed by atoms with van der Waals surface area (Å²) < 4.78 is 33.3. The molecule has 0 spiro atoms. The summed E-state index contributed by atoms with van der Waals surface area (Å²) in [7, 11) is 0. The van der Waals surface area contributed by atoms with Crippen LogP contribution in [-0.2, 0) is 0 Å². The fourth-order valence-electron chi connectivity index (χ4n) is 2.20. The van der Waals surface area contributed by atoms with Gasteiger partial charge < -0.3 is 10.1 Å². The monoisotopic (exact) mass is 291 g/mol. The molecular weight excluding hydrogens is 272 g/mol. The van der Waals surface area contributed by atoms with E-state index in [1.54, 1.807) is 31.2 Å². The van der Waals surface area contributed by atoms with Crippen molar-refractivity contribution in [1.82, 2.24) is 5.32 Å². The second-order valence-electron chi connectivity index (χ2n) is 4.94. The number of halogens is 2. The molecule has 2 aromatic rings. The molecule has 0 radical (unpaired) electrons. The van der Waals surface area contributed by atoms with Crippen molar-refractivity contribution in [3.8, 4) is 11.5 Å². The molecule has 0 heterocycles. The normalized spacial score (nSPS) is 12.2. The zero-order chi connectivity index (χ0) is 15.4. The molecule has 0 aliphatic rings. The highest BCUT2D eigenvalue weighted by Crippen LogP contribution is 2.32. The molecule has 0 amide bonds. The minimum absolute atomic E-state index is 0.193. The summed E-state index contributed by atoms with van der Waals surface area (Å²) in [4.78, 5) is 0. The molecule has 0 aliphatic heterocycles. The number of benzene rings is 2. The number of hydrogen-bond donors (Lipinski definition) is 1. The van der Waals surface area contributed by atoms with Crippen molar-refractivity contribution in [2.75, 3.05) is 6.54 Å². The molecule has 0 aromatic heterocycles. The van der Waals surface area contributed by atoms with E-state index >= 15 is 0 Å². The summed E-state index contributed by atoms with van der Waals surface area (Å²) in [6, 6.07) is 9.08. The lowest BCUT2D eigenvalue weighted by atomic mass is 10.1. The van der Waals surface area contributed by atoms with Crippen LogP contribution in [0, 0.1) is 18.6 Å². The second-order valence-corrected chi connectivity index (χ2v) is 4.94. The zero-order valence-electron chi connectivity index (χ0n) is 12.4. The van der Waals surface area contributed by atoms with E-state index < -0.39 is 0 Å². The predicted molar refractivity (Wildman–Crippen MR) is 79.7 cm³/mol. The topological polar surface area (TPSA) is 21.3 Å². The lowest BCUT2D eigenvalue weighted by Crippen LogP contribution is -2.19. The van der Waals surface area contributed by atoms with Crippen LogP contribution in [0.1, 0.15) is 31.0 Å². The van der Waals surface area contributed by atoms with Crippen LogP contribution < -0.4 is 10.1 Å². The molecule has 0 aliphatic carbocycles. The molecular formula is C17H19F2NO. The van der Waals surface area contributed by atoms with Gasteiger partial charge in [0.05, 0.1) is 0 Å². The zero-order valence-corrected chi connectivity index (χ0v) is 12.4. The number of hydrogen-bond acceptors (Lipinski definition) is 2. The largest absolute Gasteiger partial charge is 0.457 e. The first kappa shape index (κ1) is 15.4. The Kier molecular flexibility index (Phi) is 4.91. The third-order valence-electron chi connectivity index (χ3n) is 3.33. The third kappa shape index (κ3) is 3.58. The minimum Gasteiger partial charge on any atom is -0.457 e. The maximum atomic E-state index is 14.1. The standard InChI is InChI=1S/C17H19F2NO/c1-4-20-12(3)17-14(18)6-5-7-16(17)21-13-9-8-11(2)15(19)10-13/h5-10,12,20H,4H2,1-3H3. The van der Waals surface area contributed by atoms with Gasteiger partial charge in [-0.05, 0) is 44.2 Å². The lowest BCUT2D eigenvalue weighted by molar-refractivity contribution is 0.444. The van der Waals surface area contributed by atoms with Gasteiger partial charge in [-0.1, -0.05) is 19.1 Å². The van der Waals surface area contributed by atoms with E-state index in [1.165, 1.54) is 12.1 Å². The first-order valence-corrected chi connectivity index (χ1v) is 6.98. The van der Waals surface area contributed by atoms with Crippen LogP contribution in [0.2, 0.25) is 0 Å². The number of nitrogens with one attached hydrogen (secondary N) is 1. The summed E-state index contributed by atoms with van der Waals surface area (Å²) in [6.45, 7) is 6.21. The third-order valence-corrected chi connectivity index (χ3v) is 3.33. The summed E-state index contributed by atoms with van der Waals surface area (Å²) in [5.74, 6) is 0.0686. The predicted octanol–water partition coefficient (Wildman–Crippen LogP) is 4.74. The van der Waals surface area contributed by atoms with Crippen molar-refractivity contribution in [2.24, 2.45) is 0 Å². The van der Waals surface area contributed by atoms with Crippen molar-refractivity contribution in [3.05, 3.63) is 59.2 Å². The van der Waals surface area contributed by atoms with Crippen LogP contribution in [0.3, 0.4) is 0 Å². The molecule has 0 saturated heterocycles. The Balaban J connectivity index is 2.35. The Morgan fingerprint density at radius 1 is 1.14 bits per heavy atom. The average Bonchev–Trinajstić information content (AvgIpc) is 2.43. The van der Waals surface area contributed by atoms with Gasteiger partial charge in [0, 0.05) is 17.7 Å². The fourth-order valence-corrected chi connectivity index (χ4v) is 2.20. The summed E-state index contributed by atoms with van der Waals surface area (Å²) in [5, 5.41) is 3.16. The molecule has 2 aromatic carbocycles. The molecule has 0 saturated carbocycles. The number of rotatable bonds is 5. The summed E-state index contributed by atoms with van der Waals surface area (Å²) in [6.07, 6.45) is 0. The molecule has 112 valence electrons. The van der Waals surface area contributed by atoms with Crippen molar-refractivity contribution in [1.29, 1.82) is 0 Å². The SMILES string of the molecule is CCNC(C)c1c(F)cccc1Oc1ccc(C)c(F)c1. The summed E-state index contributed by atoms with van der Waals surface area (Å²) >= 11 is 0. The maximum absolute atomic E-state index is 14.1. The van der Waals surface area contributed by atoms with Gasteiger partial charge >= 0.3 is 0 Å². The maximum Gasteiger partial charge on any atom is 0.135 e. The molecule has 1 atom stereocenters. The van der Waals surface area contributed by atoms with Gasteiger partial charge in [0.2, 0.25) is 0 Å². The molecule has 2 rings (SSSR count). The molecule has 2 nitrogen and oxygen atoms in total. The van der Waals surface area contributed by atoms with Gasteiger partial charge in [-0.25, -0.2) is 8.78 Å². The Bertz CT molecular complexity index is 628. The molecule has 0 fully saturated rings. The first-order chi connectivity index (χ1) is 10.0. The smallest absolute Gasteiger partial charge is 0.135 e. The van der Waals surface area contributed by atoms with Gasteiger partial charge in [-0.3, -0.25) is 0 Å².